The molecule has 21 heavy (non-hydrogen) atoms. The minimum atomic E-state index is 0.475. The molecule has 0 aliphatic heterocycles. The highest BCUT2D eigenvalue weighted by atomic mass is 35.5. The van der Waals surface area contributed by atoms with Crippen molar-refractivity contribution in [2.24, 2.45) is 0 Å². The van der Waals surface area contributed by atoms with E-state index < -0.39 is 0 Å². The lowest BCUT2D eigenvalue weighted by atomic mass is 10.2. The topological polar surface area (TPSA) is 60.7 Å². The van der Waals surface area contributed by atoms with Crippen molar-refractivity contribution in [3.63, 3.8) is 0 Å². The van der Waals surface area contributed by atoms with Crippen LogP contribution in [0.3, 0.4) is 0 Å². The smallest absolute Gasteiger partial charge is 0.153 e. The molecule has 3 aromatic rings. The van der Waals surface area contributed by atoms with E-state index >= 15 is 0 Å². The fourth-order valence-electron chi connectivity index (χ4n) is 2.03. The Kier molecular flexibility index (Phi) is 3.75. The van der Waals surface area contributed by atoms with E-state index in [4.69, 9.17) is 11.6 Å². The van der Waals surface area contributed by atoms with Crippen molar-refractivity contribution in [2.75, 3.05) is 0 Å². The summed E-state index contributed by atoms with van der Waals surface area (Å²) in [6.45, 7) is 0.487. The summed E-state index contributed by atoms with van der Waals surface area (Å²) in [6.07, 6.45) is 7.16. The highest BCUT2D eigenvalue weighted by Gasteiger charge is 2.12. The highest BCUT2D eigenvalue weighted by Crippen LogP contribution is 2.20. The Morgan fingerprint density at radius 3 is 2.81 bits per heavy atom. The standard InChI is InChI=1S/C15H11ClN4O/c16-13-4-2-1-3-11(13)8-20-9-12(10-21)15(19-20)14-7-17-5-6-18-14/h1-7,9-10H,8H2. The number of nitrogens with zero attached hydrogens (tertiary/aromatic N) is 4. The summed E-state index contributed by atoms with van der Waals surface area (Å²) in [5.74, 6) is 0. The molecular weight excluding hydrogens is 288 g/mol. The van der Waals surface area contributed by atoms with Crippen molar-refractivity contribution in [3.8, 4) is 11.4 Å². The Labute approximate surface area is 126 Å². The van der Waals surface area contributed by atoms with Crippen molar-refractivity contribution in [3.05, 3.63) is 65.2 Å². The fraction of sp³-hybridized carbons (Fsp3) is 0.0667. The molecule has 1 aromatic carbocycles. The Balaban J connectivity index is 1.97. The summed E-state index contributed by atoms with van der Waals surface area (Å²) >= 11 is 6.14. The minimum Gasteiger partial charge on any atom is -0.298 e. The van der Waals surface area contributed by atoms with Gasteiger partial charge in [-0.15, -0.1) is 0 Å². The van der Waals surface area contributed by atoms with E-state index in [1.165, 1.54) is 0 Å². The van der Waals surface area contributed by atoms with Gasteiger partial charge in [0.15, 0.2) is 6.29 Å². The summed E-state index contributed by atoms with van der Waals surface area (Å²) < 4.78 is 1.68. The van der Waals surface area contributed by atoms with Gasteiger partial charge >= 0.3 is 0 Å². The van der Waals surface area contributed by atoms with Gasteiger partial charge in [-0.3, -0.25) is 19.4 Å². The molecule has 0 saturated heterocycles. The van der Waals surface area contributed by atoms with Gasteiger partial charge in [0, 0.05) is 23.6 Å². The van der Waals surface area contributed by atoms with E-state index in [0.717, 1.165) is 11.8 Å². The predicted octanol–water partition coefficient (Wildman–Crippen LogP) is 2.85. The molecule has 104 valence electrons. The Morgan fingerprint density at radius 1 is 1.24 bits per heavy atom. The lowest BCUT2D eigenvalue weighted by Crippen LogP contribution is -2.01. The maximum absolute atomic E-state index is 11.2. The normalized spacial score (nSPS) is 10.5. The zero-order valence-electron chi connectivity index (χ0n) is 11.0. The van der Waals surface area contributed by atoms with Crippen molar-refractivity contribution in [1.29, 1.82) is 0 Å². The second kappa shape index (κ2) is 5.85. The largest absolute Gasteiger partial charge is 0.298 e. The first kappa shape index (κ1) is 13.5. The van der Waals surface area contributed by atoms with Gasteiger partial charge in [0.2, 0.25) is 0 Å². The zero-order chi connectivity index (χ0) is 14.7. The molecule has 0 spiro atoms. The summed E-state index contributed by atoms with van der Waals surface area (Å²) in [7, 11) is 0. The molecule has 6 heteroatoms. The van der Waals surface area contributed by atoms with Gasteiger partial charge in [0.25, 0.3) is 0 Å². The molecule has 2 aromatic heterocycles. The first-order valence-corrected chi connectivity index (χ1v) is 6.68. The van der Waals surface area contributed by atoms with Gasteiger partial charge in [-0.05, 0) is 11.6 Å². The van der Waals surface area contributed by atoms with Gasteiger partial charge in [-0.25, -0.2) is 0 Å². The molecule has 0 aliphatic rings. The molecule has 0 unspecified atom stereocenters. The molecule has 5 nitrogen and oxygen atoms in total. The number of benzene rings is 1. The van der Waals surface area contributed by atoms with E-state index in [-0.39, 0.29) is 0 Å². The van der Waals surface area contributed by atoms with Crippen molar-refractivity contribution < 1.29 is 4.79 Å². The number of rotatable bonds is 4. The SMILES string of the molecule is O=Cc1cn(Cc2ccccc2Cl)nc1-c1cnccn1. The van der Waals surface area contributed by atoms with Gasteiger partial charge in [-0.2, -0.15) is 5.10 Å². The molecule has 0 amide bonds. The molecule has 0 atom stereocenters. The van der Waals surface area contributed by atoms with Crippen LogP contribution >= 0.6 is 11.6 Å². The predicted molar refractivity (Wildman–Crippen MR) is 79.2 cm³/mol. The number of carbonyl (C=O) groups is 1. The molecule has 0 radical (unpaired) electrons. The monoisotopic (exact) mass is 298 g/mol. The van der Waals surface area contributed by atoms with Crippen LogP contribution in [-0.4, -0.2) is 26.0 Å². The van der Waals surface area contributed by atoms with Gasteiger partial charge in [0.05, 0.1) is 18.3 Å². The number of carbonyl (C=O) groups excluding carboxylic acids is 1. The molecule has 0 saturated carbocycles. The minimum absolute atomic E-state index is 0.475. The van der Waals surface area contributed by atoms with Gasteiger partial charge in [0.1, 0.15) is 11.4 Å². The Hall–Kier alpha value is -2.53. The second-order valence-electron chi connectivity index (χ2n) is 4.43. The van der Waals surface area contributed by atoms with Crippen LogP contribution in [0.25, 0.3) is 11.4 Å². The third-order valence-electron chi connectivity index (χ3n) is 3.01. The van der Waals surface area contributed by atoms with Crippen LogP contribution in [0.4, 0.5) is 0 Å². The van der Waals surface area contributed by atoms with E-state index in [1.54, 1.807) is 29.5 Å². The lowest BCUT2D eigenvalue weighted by molar-refractivity contribution is 0.112. The average Bonchev–Trinajstić information content (AvgIpc) is 2.93. The number of hydrogen-bond acceptors (Lipinski definition) is 4. The maximum atomic E-state index is 11.2. The average molecular weight is 299 g/mol. The van der Waals surface area contributed by atoms with Crippen molar-refractivity contribution in [1.82, 2.24) is 19.7 Å². The zero-order valence-corrected chi connectivity index (χ0v) is 11.7. The van der Waals surface area contributed by atoms with E-state index in [0.29, 0.717) is 28.5 Å². The van der Waals surface area contributed by atoms with Crippen molar-refractivity contribution >= 4 is 17.9 Å². The third kappa shape index (κ3) is 2.83. The molecule has 0 fully saturated rings. The molecule has 0 bridgehead atoms. The van der Waals surface area contributed by atoms with Crippen LogP contribution in [-0.2, 0) is 6.54 Å². The van der Waals surface area contributed by atoms with Crippen LogP contribution in [0.2, 0.25) is 5.02 Å². The summed E-state index contributed by atoms with van der Waals surface area (Å²) in [6, 6.07) is 7.53. The Morgan fingerprint density at radius 2 is 2.10 bits per heavy atom. The molecule has 2 heterocycles. The Bertz CT molecular complexity index is 770. The van der Waals surface area contributed by atoms with E-state index in [1.807, 2.05) is 24.3 Å². The molecule has 0 N–H and O–H groups in total. The molecule has 3 rings (SSSR count). The van der Waals surface area contributed by atoms with Crippen LogP contribution in [0.5, 0.6) is 0 Å². The summed E-state index contributed by atoms with van der Waals surface area (Å²) in [5, 5.41) is 5.08. The lowest BCUT2D eigenvalue weighted by Gasteiger charge is -2.03. The van der Waals surface area contributed by atoms with Crippen LogP contribution < -0.4 is 0 Å². The second-order valence-corrected chi connectivity index (χ2v) is 4.84. The number of aromatic nitrogens is 4. The third-order valence-corrected chi connectivity index (χ3v) is 3.38. The number of aldehydes is 1. The van der Waals surface area contributed by atoms with Crippen LogP contribution in [0.15, 0.2) is 49.1 Å². The number of hydrogen-bond donors (Lipinski definition) is 0. The number of halogens is 1. The quantitative estimate of drug-likeness (QED) is 0.695. The first-order chi connectivity index (χ1) is 10.3. The van der Waals surface area contributed by atoms with Gasteiger partial charge < -0.3 is 0 Å². The first-order valence-electron chi connectivity index (χ1n) is 6.30. The summed E-state index contributed by atoms with van der Waals surface area (Å²) in [5.41, 5.74) is 2.50. The van der Waals surface area contributed by atoms with Crippen molar-refractivity contribution in [2.45, 2.75) is 6.54 Å². The fourth-order valence-corrected chi connectivity index (χ4v) is 2.22. The molecular formula is C15H11ClN4O. The van der Waals surface area contributed by atoms with E-state index in [2.05, 4.69) is 15.1 Å². The highest BCUT2D eigenvalue weighted by molar-refractivity contribution is 6.31. The van der Waals surface area contributed by atoms with E-state index in [9.17, 15) is 4.79 Å². The van der Waals surface area contributed by atoms with Crippen LogP contribution in [0, 0.1) is 0 Å². The molecule has 0 aliphatic carbocycles. The summed E-state index contributed by atoms with van der Waals surface area (Å²) in [4.78, 5) is 19.4. The van der Waals surface area contributed by atoms with Crippen LogP contribution in [0.1, 0.15) is 15.9 Å². The maximum Gasteiger partial charge on any atom is 0.153 e. The van der Waals surface area contributed by atoms with Gasteiger partial charge in [-0.1, -0.05) is 29.8 Å².